The van der Waals surface area contributed by atoms with Crippen molar-refractivity contribution >= 4 is 40.3 Å². The van der Waals surface area contributed by atoms with E-state index in [-0.39, 0.29) is 12.0 Å². The van der Waals surface area contributed by atoms with Crippen molar-refractivity contribution in [3.63, 3.8) is 0 Å². The molecule has 1 saturated heterocycles. The maximum Gasteiger partial charge on any atom is 0.266 e. The van der Waals surface area contributed by atoms with Crippen LogP contribution in [0.1, 0.15) is 31.4 Å². The molecule has 0 radical (unpaired) electrons. The minimum atomic E-state index is -0.0382. The molecule has 1 heterocycles. The molecule has 0 spiro atoms. The first-order valence-corrected chi connectivity index (χ1v) is 9.85. The SMILES string of the molecule is CC[C@@H](C)Oc1ccc(/C=C2/SC(=S)N(Cc3ccccc3)C2=O)cc1. The van der Waals surface area contributed by atoms with Crippen LogP contribution in [0.3, 0.4) is 0 Å². The lowest BCUT2D eigenvalue weighted by Crippen LogP contribution is -2.27. The number of carbonyl (C=O) groups is 1. The maximum absolute atomic E-state index is 12.7. The molecule has 0 N–H and O–H groups in total. The Hall–Kier alpha value is -2.11. The number of rotatable bonds is 6. The summed E-state index contributed by atoms with van der Waals surface area (Å²) in [6, 6.07) is 17.7. The molecule has 0 aromatic heterocycles. The van der Waals surface area contributed by atoms with Crippen LogP contribution in [0.25, 0.3) is 6.08 Å². The number of ether oxygens (including phenoxy) is 1. The van der Waals surface area contributed by atoms with Gasteiger partial charge < -0.3 is 4.74 Å². The Morgan fingerprint density at radius 2 is 1.85 bits per heavy atom. The van der Waals surface area contributed by atoms with Crippen molar-refractivity contribution in [1.82, 2.24) is 4.90 Å². The van der Waals surface area contributed by atoms with E-state index >= 15 is 0 Å². The second-order valence-electron chi connectivity index (χ2n) is 6.16. The number of benzene rings is 2. The first-order valence-electron chi connectivity index (χ1n) is 8.63. The highest BCUT2D eigenvalue weighted by Gasteiger charge is 2.31. The normalized spacial score (nSPS) is 17.0. The van der Waals surface area contributed by atoms with Gasteiger partial charge in [0.15, 0.2) is 0 Å². The number of thiocarbonyl (C=S) groups is 1. The van der Waals surface area contributed by atoms with Gasteiger partial charge in [0.05, 0.1) is 17.6 Å². The molecule has 3 rings (SSSR count). The number of amides is 1. The van der Waals surface area contributed by atoms with Gasteiger partial charge >= 0.3 is 0 Å². The van der Waals surface area contributed by atoms with Gasteiger partial charge in [-0.3, -0.25) is 9.69 Å². The average Bonchev–Trinajstić information content (AvgIpc) is 2.91. The average molecular weight is 384 g/mol. The van der Waals surface area contributed by atoms with Crippen LogP contribution >= 0.6 is 24.0 Å². The van der Waals surface area contributed by atoms with Crippen molar-refractivity contribution < 1.29 is 9.53 Å². The van der Waals surface area contributed by atoms with Gasteiger partial charge in [-0.1, -0.05) is 73.4 Å². The molecule has 1 fully saturated rings. The third-order valence-corrected chi connectivity index (χ3v) is 5.52. The van der Waals surface area contributed by atoms with Crippen molar-refractivity contribution in [1.29, 1.82) is 0 Å². The second kappa shape index (κ2) is 8.52. The van der Waals surface area contributed by atoms with Crippen LogP contribution in [0.15, 0.2) is 59.5 Å². The van der Waals surface area contributed by atoms with Gasteiger partial charge in [-0.05, 0) is 42.7 Å². The summed E-state index contributed by atoms with van der Waals surface area (Å²) in [6.45, 7) is 4.65. The molecule has 0 bridgehead atoms. The molecule has 3 nitrogen and oxygen atoms in total. The first-order chi connectivity index (χ1) is 12.6. The highest BCUT2D eigenvalue weighted by atomic mass is 32.2. The molecule has 1 atom stereocenters. The summed E-state index contributed by atoms with van der Waals surface area (Å²) in [5.41, 5.74) is 2.03. The summed E-state index contributed by atoms with van der Waals surface area (Å²) in [6.07, 6.45) is 3.04. The minimum Gasteiger partial charge on any atom is -0.491 e. The second-order valence-corrected chi connectivity index (χ2v) is 7.83. The number of thioether (sulfide) groups is 1. The van der Waals surface area contributed by atoms with Gasteiger partial charge in [-0.2, -0.15) is 0 Å². The van der Waals surface area contributed by atoms with Gasteiger partial charge in [0.1, 0.15) is 10.1 Å². The van der Waals surface area contributed by atoms with E-state index < -0.39 is 0 Å². The fourth-order valence-electron chi connectivity index (χ4n) is 2.51. The van der Waals surface area contributed by atoms with Gasteiger partial charge in [0.25, 0.3) is 5.91 Å². The number of nitrogens with zero attached hydrogens (tertiary/aromatic N) is 1. The molecule has 5 heteroatoms. The van der Waals surface area contributed by atoms with Crippen molar-refractivity contribution in [2.24, 2.45) is 0 Å². The third kappa shape index (κ3) is 4.54. The van der Waals surface area contributed by atoms with E-state index in [9.17, 15) is 4.79 Å². The smallest absolute Gasteiger partial charge is 0.266 e. The molecular weight excluding hydrogens is 362 g/mol. The Labute approximate surface area is 164 Å². The molecule has 2 aromatic rings. The summed E-state index contributed by atoms with van der Waals surface area (Å²) in [4.78, 5) is 15.0. The van der Waals surface area contributed by atoms with E-state index in [1.165, 1.54) is 11.8 Å². The van der Waals surface area contributed by atoms with E-state index in [0.29, 0.717) is 15.8 Å². The van der Waals surface area contributed by atoms with Crippen molar-refractivity contribution in [2.45, 2.75) is 32.9 Å². The Balaban J connectivity index is 1.71. The summed E-state index contributed by atoms with van der Waals surface area (Å²) >= 11 is 6.75. The number of carbonyl (C=O) groups excluding carboxylic acids is 1. The molecule has 0 unspecified atom stereocenters. The van der Waals surface area contributed by atoms with Crippen LogP contribution in [0.2, 0.25) is 0 Å². The third-order valence-electron chi connectivity index (χ3n) is 4.15. The van der Waals surface area contributed by atoms with Crippen LogP contribution in [0, 0.1) is 0 Å². The molecular formula is C21H21NO2S2. The van der Waals surface area contributed by atoms with E-state index in [1.807, 2.05) is 67.6 Å². The summed E-state index contributed by atoms with van der Waals surface area (Å²) < 4.78 is 6.39. The zero-order chi connectivity index (χ0) is 18.5. The topological polar surface area (TPSA) is 29.5 Å². The lowest BCUT2D eigenvalue weighted by Gasteiger charge is -2.14. The van der Waals surface area contributed by atoms with Gasteiger partial charge in [0.2, 0.25) is 0 Å². The quantitative estimate of drug-likeness (QED) is 0.502. The van der Waals surface area contributed by atoms with Gasteiger partial charge in [0, 0.05) is 0 Å². The molecule has 26 heavy (non-hydrogen) atoms. The predicted octanol–water partition coefficient (Wildman–Crippen LogP) is 5.27. The van der Waals surface area contributed by atoms with E-state index in [2.05, 4.69) is 6.92 Å². The van der Waals surface area contributed by atoms with Crippen LogP contribution < -0.4 is 4.74 Å². The predicted molar refractivity (Wildman–Crippen MR) is 112 cm³/mol. The Kier molecular flexibility index (Phi) is 6.12. The highest BCUT2D eigenvalue weighted by Crippen LogP contribution is 2.33. The largest absolute Gasteiger partial charge is 0.491 e. The van der Waals surface area contributed by atoms with E-state index in [1.54, 1.807) is 4.90 Å². The fraction of sp³-hybridized carbons (Fsp3) is 0.238. The lowest BCUT2D eigenvalue weighted by atomic mass is 10.2. The maximum atomic E-state index is 12.7. The molecule has 134 valence electrons. The summed E-state index contributed by atoms with van der Waals surface area (Å²) in [7, 11) is 0. The molecule has 0 aliphatic carbocycles. The minimum absolute atomic E-state index is 0.0382. The number of hydrogen-bond acceptors (Lipinski definition) is 4. The Bertz CT molecular complexity index is 816. The van der Waals surface area contributed by atoms with E-state index in [4.69, 9.17) is 17.0 Å². The fourth-order valence-corrected chi connectivity index (χ4v) is 3.77. The van der Waals surface area contributed by atoms with Crippen LogP contribution in [0.4, 0.5) is 0 Å². The molecule has 2 aromatic carbocycles. The van der Waals surface area contributed by atoms with Gasteiger partial charge in [-0.15, -0.1) is 0 Å². The monoisotopic (exact) mass is 383 g/mol. The molecule has 1 aliphatic rings. The van der Waals surface area contributed by atoms with Crippen LogP contribution in [-0.2, 0) is 11.3 Å². The summed E-state index contributed by atoms with van der Waals surface area (Å²) in [5, 5.41) is 0. The standard InChI is InChI=1S/C21H21NO2S2/c1-3-15(2)24-18-11-9-16(10-12-18)13-19-20(23)22(21(25)26-19)14-17-7-5-4-6-8-17/h4-13,15H,3,14H2,1-2H3/b19-13+/t15-/m1/s1. The van der Waals surface area contributed by atoms with Crippen LogP contribution in [-0.4, -0.2) is 21.2 Å². The summed E-state index contributed by atoms with van der Waals surface area (Å²) in [5.74, 6) is 0.803. The molecule has 1 amide bonds. The Morgan fingerprint density at radius 1 is 1.15 bits per heavy atom. The Morgan fingerprint density at radius 3 is 2.50 bits per heavy atom. The zero-order valence-electron chi connectivity index (χ0n) is 14.8. The van der Waals surface area contributed by atoms with E-state index in [0.717, 1.165) is 23.3 Å². The highest BCUT2D eigenvalue weighted by molar-refractivity contribution is 8.26. The molecule has 1 aliphatic heterocycles. The van der Waals surface area contributed by atoms with Crippen molar-refractivity contribution in [3.8, 4) is 5.75 Å². The van der Waals surface area contributed by atoms with Crippen LogP contribution in [0.5, 0.6) is 5.75 Å². The first kappa shape index (κ1) is 18.7. The van der Waals surface area contributed by atoms with Gasteiger partial charge in [-0.25, -0.2) is 0 Å². The zero-order valence-corrected chi connectivity index (χ0v) is 16.5. The molecule has 0 saturated carbocycles. The number of hydrogen-bond donors (Lipinski definition) is 0. The van der Waals surface area contributed by atoms with Crippen molar-refractivity contribution in [2.75, 3.05) is 0 Å². The lowest BCUT2D eigenvalue weighted by molar-refractivity contribution is -0.122. The van der Waals surface area contributed by atoms with Crippen molar-refractivity contribution in [3.05, 3.63) is 70.6 Å².